The minimum Gasteiger partial charge on any atom is -0.340 e. The average Bonchev–Trinajstić information content (AvgIpc) is 3.17. The standard InChI is InChI=1S/C17H15NOS2/c1-12-9-11-21-16(12)17(19)18-15(14-8-5-10-20-14)13-6-3-2-4-7-13/h2-11,15H,1H3,(H,18,19). The summed E-state index contributed by atoms with van der Waals surface area (Å²) in [5.74, 6) is -0.00949. The summed E-state index contributed by atoms with van der Waals surface area (Å²) in [4.78, 5) is 14.4. The fourth-order valence-electron chi connectivity index (χ4n) is 2.22. The molecule has 2 aromatic heterocycles. The summed E-state index contributed by atoms with van der Waals surface area (Å²) in [7, 11) is 0. The van der Waals surface area contributed by atoms with E-state index in [1.165, 1.54) is 11.3 Å². The van der Waals surface area contributed by atoms with E-state index in [1.807, 2.05) is 60.1 Å². The Balaban J connectivity index is 1.91. The molecule has 2 nitrogen and oxygen atoms in total. The van der Waals surface area contributed by atoms with Crippen LogP contribution < -0.4 is 5.32 Å². The Morgan fingerprint density at radius 3 is 2.43 bits per heavy atom. The van der Waals surface area contributed by atoms with E-state index < -0.39 is 0 Å². The maximum atomic E-state index is 12.5. The molecule has 2 heterocycles. The molecule has 1 amide bonds. The van der Waals surface area contributed by atoms with Crippen LogP contribution in [-0.4, -0.2) is 5.91 Å². The second-order valence-electron chi connectivity index (χ2n) is 4.77. The van der Waals surface area contributed by atoms with Crippen LogP contribution in [0.3, 0.4) is 0 Å². The van der Waals surface area contributed by atoms with Gasteiger partial charge in [0.25, 0.3) is 5.91 Å². The van der Waals surface area contributed by atoms with Crippen LogP contribution in [0.5, 0.6) is 0 Å². The lowest BCUT2D eigenvalue weighted by atomic mass is 10.1. The van der Waals surface area contributed by atoms with Crippen molar-refractivity contribution in [2.24, 2.45) is 0 Å². The first-order valence-corrected chi connectivity index (χ1v) is 8.45. The summed E-state index contributed by atoms with van der Waals surface area (Å²) in [6.45, 7) is 1.97. The highest BCUT2D eigenvalue weighted by atomic mass is 32.1. The molecule has 0 saturated heterocycles. The van der Waals surface area contributed by atoms with Crippen LogP contribution in [0.25, 0.3) is 0 Å². The Labute approximate surface area is 132 Å². The summed E-state index contributed by atoms with van der Waals surface area (Å²) < 4.78 is 0. The number of benzene rings is 1. The zero-order chi connectivity index (χ0) is 14.7. The predicted molar refractivity (Wildman–Crippen MR) is 89.1 cm³/mol. The van der Waals surface area contributed by atoms with Crippen molar-refractivity contribution in [1.29, 1.82) is 0 Å². The first-order valence-electron chi connectivity index (χ1n) is 6.69. The molecule has 0 aliphatic rings. The highest BCUT2D eigenvalue weighted by Gasteiger charge is 2.20. The van der Waals surface area contributed by atoms with Gasteiger partial charge in [0, 0.05) is 4.88 Å². The molecule has 0 aliphatic heterocycles. The fourth-order valence-corrected chi connectivity index (χ4v) is 3.85. The number of carbonyl (C=O) groups is 1. The summed E-state index contributed by atoms with van der Waals surface area (Å²) in [6, 6.07) is 16.0. The zero-order valence-corrected chi connectivity index (χ0v) is 13.2. The normalized spacial score (nSPS) is 12.0. The van der Waals surface area contributed by atoms with Crippen molar-refractivity contribution in [2.75, 3.05) is 0 Å². The minimum atomic E-state index is -0.0970. The van der Waals surface area contributed by atoms with Crippen LogP contribution >= 0.6 is 22.7 Å². The molecule has 3 rings (SSSR count). The quantitative estimate of drug-likeness (QED) is 0.747. The molecule has 0 saturated carbocycles. The van der Waals surface area contributed by atoms with E-state index in [-0.39, 0.29) is 11.9 Å². The lowest BCUT2D eigenvalue weighted by Crippen LogP contribution is -2.28. The molecule has 3 aromatic rings. The Hall–Kier alpha value is -1.91. The number of rotatable bonds is 4. The van der Waals surface area contributed by atoms with Crippen molar-refractivity contribution in [1.82, 2.24) is 5.32 Å². The summed E-state index contributed by atoms with van der Waals surface area (Å²) in [5, 5.41) is 7.15. The average molecular weight is 313 g/mol. The van der Waals surface area contributed by atoms with Gasteiger partial charge >= 0.3 is 0 Å². The number of carbonyl (C=O) groups excluding carboxylic acids is 1. The second-order valence-corrected chi connectivity index (χ2v) is 6.66. The third-order valence-electron chi connectivity index (χ3n) is 3.30. The molecule has 0 bridgehead atoms. The lowest BCUT2D eigenvalue weighted by molar-refractivity contribution is 0.0947. The number of thiophene rings is 2. The molecule has 1 unspecified atom stereocenters. The van der Waals surface area contributed by atoms with Crippen LogP contribution in [0.4, 0.5) is 0 Å². The van der Waals surface area contributed by atoms with Gasteiger partial charge in [-0.2, -0.15) is 0 Å². The Bertz CT molecular complexity index is 716. The van der Waals surface area contributed by atoms with Gasteiger partial charge in [0.05, 0.1) is 10.9 Å². The molecule has 1 N–H and O–H groups in total. The number of hydrogen-bond donors (Lipinski definition) is 1. The van der Waals surface area contributed by atoms with Gasteiger partial charge in [-0.05, 0) is 40.9 Å². The number of aryl methyl sites for hydroxylation is 1. The third kappa shape index (κ3) is 3.06. The van der Waals surface area contributed by atoms with Crippen molar-refractivity contribution >= 4 is 28.6 Å². The monoisotopic (exact) mass is 313 g/mol. The Morgan fingerprint density at radius 1 is 1.00 bits per heavy atom. The molecule has 106 valence electrons. The van der Waals surface area contributed by atoms with E-state index in [2.05, 4.69) is 11.4 Å². The van der Waals surface area contributed by atoms with Crippen LogP contribution in [-0.2, 0) is 0 Å². The largest absolute Gasteiger partial charge is 0.340 e. The zero-order valence-electron chi connectivity index (χ0n) is 11.6. The van der Waals surface area contributed by atoms with Gasteiger partial charge in [0.15, 0.2) is 0 Å². The second kappa shape index (κ2) is 6.24. The number of hydrogen-bond acceptors (Lipinski definition) is 3. The fraction of sp³-hybridized carbons (Fsp3) is 0.118. The molecular weight excluding hydrogens is 298 g/mol. The smallest absolute Gasteiger partial charge is 0.262 e. The highest BCUT2D eigenvalue weighted by molar-refractivity contribution is 7.12. The van der Waals surface area contributed by atoms with Crippen LogP contribution in [0.15, 0.2) is 59.3 Å². The summed E-state index contributed by atoms with van der Waals surface area (Å²) in [6.07, 6.45) is 0. The molecule has 4 heteroatoms. The number of amides is 1. The van der Waals surface area contributed by atoms with Crippen molar-refractivity contribution < 1.29 is 4.79 Å². The first-order chi connectivity index (χ1) is 10.3. The van der Waals surface area contributed by atoms with E-state index in [1.54, 1.807) is 11.3 Å². The molecule has 0 aliphatic carbocycles. The minimum absolute atomic E-state index is 0.00949. The SMILES string of the molecule is Cc1ccsc1C(=O)NC(c1ccccc1)c1cccs1. The van der Waals surface area contributed by atoms with Gasteiger partial charge in [0.1, 0.15) is 0 Å². The van der Waals surface area contributed by atoms with E-state index in [4.69, 9.17) is 0 Å². The molecule has 21 heavy (non-hydrogen) atoms. The highest BCUT2D eigenvalue weighted by Crippen LogP contribution is 2.27. The molecule has 1 atom stereocenters. The van der Waals surface area contributed by atoms with Gasteiger partial charge in [0.2, 0.25) is 0 Å². The molecule has 0 fully saturated rings. The van der Waals surface area contributed by atoms with Crippen LogP contribution in [0, 0.1) is 6.92 Å². The Kier molecular flexibility index (Phi) is 4.18. The van der Waals surface area contributed by atoms with E-state index in [0.717, 1.165) is 20.9 Å². The third-order valence-corrected chi connectivity index (χ3v) is 5.26. The van der Waals surface area contributed by atoms with Crippen molar-refractivity contribution in [3.8, 4) is 0 Å². The summed E-state index contributed by atoms with van der Waals surface area (Å²) >= 11 is 3.14. The van der Waals surface area contributed by atoms with Crippen molar-refractivity contribution in [3.63, 3.8) is 0 Å². The molecule has 0 radical (unpaired) electrons. The van der Waals surface area contributed by atoms with Gasteiger partial charge < -0.3 is 5.32 Å². The van der Waals surface area contributed by atoms with Gasteiger partial charge in [-0.1, -0.05) is 36.4 Å². The van der Waals surface area contributed by atoms with E-state index in [0.29, 0.717) is 0 Å². The number of nitrogens with one attached hydrogen (secondary N) is 1. The van der Waals surface area contributed by atoms with Gasteiger partial charge in [-0.15, -0.1) is 22.7 Å². The Morgan fingerprint density at radius 2 is 1.81 bits per heavy atom. The van der Waals surface area contributed by atoms with Crippen LogP contribution in [0.1, 0.15) is 31.7 Å². The lowest BCUT2D eigenvalue weighted by Gasteiger charge is -2.18. The molecular formula is C17H15NOS2. The summed E-state index contributed by atoms with van der Waals surface area (Å²) in [5.41, 5.74) is 2.12. The van der Waals surface area contributed by atoms with Crippen LogP contribution in [0.2, 0.25) is 0 Å². The maximum absolute atomic E-state index is 12.5. The van der Waals surface area contributed by atoms with Crippen molar-refractivity contribution in [2.45, 2.75) is 13.0 Å². The van der Waals surface area contributed by atoms with Crippen molar-refractivity contribution in [3.05, 3.63) is 80.2 Å². The van der Waals surface area contributed by atoms with Gasteiger partial charge in [-0.25, -0.2) is 0 Å². The van der Waals surface area contributed by atoms with E-state index >= 15 is 0 Å². The maximum Gasteiger partial charge on any atom is 0.262 e. The predicted octanol–water partition coefficient (Wildman–Crippen LogP) is 4.64. The topological polar surface area (TPSA) is 29.1 Å². The van der Waals surface area contributed by atoms with Gasteiger partial charge in [-0.3, -0.25) is 4.79 Å². The molecule has 0 spiro atoms. The molecule has 1 aromatic carbocycles. The van der Waals surface area contributed by atoms with E-state index in [9.17, 15) is 4.79 Å². The first kappa shape index (κ1) is 14.0.